The van der Waals surface area contributed by atoms with E-state index in [1.54, 1.807) is 0 Å². The summed E-state index contributed by atoms with van der Waals surface area (Å²) in [5, 5.41) is 3.28. The Labute approximate surface area is 129 Å². The molecule has 0 aromatic rings. The molecule has 1 N–H and O–H groups in total. The smallest absolute Gasteiger partial charge is 0.0629 e. The molecule has 112 valence electrons. The Kier molecular flexibility index (Phi) is 7.31. The maximum atomic E-state index is 3.28. The Morgan fingerprint density at radius 3 is 2.19 bits per heavy atom. The van der Waals surface area contributed by atoms with Crippen molar-refractivity contribution in [2.75, 3.05) is 0 Å². The van der Waals surface area contributed by atoms with Gasteiger partial charge in [0.15, 0.2) is 0 Å². The lowest BCUT2D eigenvalue weighted by Crippen LogP contribution is -2.16. The third-order valence-corrected chi connectivity index (χ3v) is 3.07. The van der Waals surface area contributed by atoms with Crippen LogP contribution in [0.5, 0.6) is 0 Å². The third kappa shape index (κ3) is 7.36. The van der Waals surface area contributed by atoms with Crippen LogP contribution in [-0.4, -0.2) is 6.04 Å². The van der Waals surface area contributed by atoms with E-state index < -0.39 is 0 Å². The highest BCUT2D eigenvalue weighted by atomic mass is 14.9. The lowest BCUT2D eigenvalue weighted by atomic mass is 9.86. The van der Waals surface area contributed by atoms with Gasteiger partial charge < -0.3 is 5.32 Å². The summed E-state index contributed by atoms with van der Waals surface area (Å²) >= 11 is 0. The van der Waals surface area contributed by atoms with Crippen LogP contribution in [0.15, 0.2) is 84.7 Å². The Hall–Kier alpha value is -2.02. The summed E-state index contributed by atoms with van der Waals surface area (Å²) in [5.41, 5.74) is 1.50. The molecular formula is C20H27N. The van der Waals surface area contributed by atoms with Gasteiger partial charge >= 0.3 is 0 Å². The molecule has 1 nitrogen and oxygen atoms in total. The monoisotopic (exact) mass is 281 g/mol. The number of hydrogen-bond donors (Lipinski definition) is 1. The molecule has 0 radical (unpaired) electrons. The molecule has 0 saturated heterocycles. The van der Waals surface area contributed by atoms with Gasteiger partial charge in [0.2, 0.25) is 0 Å². The molecule has 1 rings (SSSR count). The summed E-state index contributed by atoms with van der Waals surface area (Å²) in [6.45, 7) is 8.73. The van der Waals surface area contributed by atoms with Crippen LogP contribution < -0.4 is 5.32 Å². The van der Waals surface area contributed by atoms with Crippen LogP contribution in [-0.2, 0) is 0 Å². The van der Waals surface area contributed by atoms with E-state index in [1.807, 2.05) is 36.6 Å². The highest BCUT2D eigenvalue weighted by Crippen LogP contribution is 2.26. The fourth-order valence-corrected chi connectivity index (χ4v) is 1.85. The van der Waals surface area contributed by atoms with Crippen molar-refractivity contribution in [1.82, 2.24) is 5.32 Å². The van der Waals surface area contributed by atoms with Crippen molar-refractivity contribution in [2.24, 2.45) is 5.41 Å². The first-order valence-electron chi connectivity index (χ1n) is 7.48. The van der Waals surface area contributed by atoms with E-state index in [4.69, 9.17) is 0 Å². The average molecular weight is 281 g/mol. The quantitative estimate of drug-likeness (QED) is 0.656. The van der Waals surface area contributed by atoms with E-state index in [0.29, 0.717) is 6.04 Å². The summed E-state index contributed by atoms with van der Waals surface area (Å²) in [6, 6.07) is 0.336. The zero-order chi connectivity index (χ0) is 15.6. The van der Waals surface area contributed by atoms with Crippen LogP contribution in [0, 0.1) is 5.41 Å². The fraction of sp³-hybridized carbons (Fsp3) is 0.300. The molecule has 0 unspecified atom stereocenters. The minimum atomic E-state index is 0.173. The Balaban J connectivity index is 2.41. The topological polar surface area (TPSA) is 12.0 Å². The molecule has 0 saturated carbocycles. The molecule has 0 aromatic heterocycles. The minimum Gasteiger partial charge on any atom is -0.381 e. The molecule has 0 bridgehead atoms. The molecule has 0 spiro atoms. The predicted octanol–water partition coefficient (Wildman–Crippen LogP) is 5.25. The maximum Gasteiger partial charge on any atom is 0.0629 e. The van der Waals surface area contributed by atoms with Crippen molar-refractivity contribution in [3.8, 4) is 0 Å². The van der Waals surface area contributed by atoms with Crippen molar-refractivity contribution in [1.29, 1.82) is 0 Å². The normalized spacial score (nSPS) is 17.4. The van der Waals surface area contributed by atoms with Crippen molar-refractivity contribution < 1.29 is 0 Å². The van der Waals surface area contributed by atoms with Crippen LogP contribution in [0.3, 0.4) is 0 Å². The van der Waals surface area contributed by atoms with Gasteiger partial charge in [-0.05, 0) is 30.2 Å². The van der Waals surface area contributed by atoms with Gasteiger partial charge in [0.25, 0.3) is 0 Å². The predicted molar refractivity (Wildman–Crippen MR) is 95.0 cm³/mol. The molecule has 0 heterocycles. The van der Waals surface area contributed by atoms with E-state index in [1.165, 1.54) is 5.57 Å². The average Bonchev–Trinajstić information content (AvgIpc) is 2.92. The van der Waals surface area contributed by atoms with Crippen molar-refractivity contribution in [2.45, 2.75) is 33.7 Å². The SMILES string of the molecule is C/C=C/C(=C\C=C\C=C/C=C\NC1C=CC=C1)C(C)(C)C. The van der Waals surface area contributed by atoms with Crippen molar-refractivity contribution in [3.05, 3.63) is 84.7 Å². The number of hydrogen-bond acceptors (Lipinski definition) is 1. The van der Waals surface area contributed by atoms with E-state index in [2.05, 4.69) is 75.5 Å². The number of nitrogens with one attached hydrogen (secondary N) is 1. The van der Waals surface area contributed by atoms with Gasteiger partial charge in [-0.3, -0.25) is 0 Å². The first-order valence-corrected chi connectivity index (χ1v) is 7.48. The summed E-state index contributed by atoms with van der Waals surface area (Å²) in [5.74, 6) is 0. The largest absolute Gasteiger partial charge is 0.381 e. The Morgan fingerprint density at radius 2 is 1.57 bits per heavy atom. The highest BCUT2D eigenvalue weighted by Gasteiger charge is 2.12. The molecule has 0 fully saturated rings. The van der Waals surface area contributed by atoms with E-state index >= 15 is 0 Å². The standard InChI is InChI=1S/C20H27N/c1-5-13-18(20(2,3)4)14-9-7-6-8-12-17-21-19-15-10-11-16-19/h5-17,19,21H,1-4H3/b8-6-,9-7+,13-5+,17-12-,18-14+. The summed E-state index contributed by atoms with van der Waals surface area (Å²) in [4.78, 5) is 0. The molecule has 0 amide bonds. The first kappa shape index (κ1) is 17.0. The second kappa shape index (κ2) is 9.02. The Bertz CT molecular complexity index is 490. The molecular weight excluding hydrogens is 254 g/mol. The van der Waals surface area contributed by atoms with Gasteiger partial charge in [-0.1, -0.05) is 87.6 Å². The molecule has 0 aliphatic heterocycles. The van der Waals surface area contributed by atoms with Gasteiger partial charge in [-0.25, -0.2) is 0 Å². The van der Waals surface area contributed by atoms with Gasteiger partial charge in [0, 0.05) is 0 Å². The zero-order valence-corrected chi connectivity index (χ0v) is 13.6. The van der Waals surface area contributed by atoms with Crippen LogP contribution in [0.4, 0.5) is 0 Å². The van der Waals surface area contributed by atoms with Crippen LogP contribution in [0.1, 0.15) is 27.7 Å². The van der Waals surface area contributed by atoms with Crippen LogP contribution in [0.25, 0.3) is 0 Å². The number of rotatable bonds is 6. The molecule has 1 heteroatoms. The number of allylic oxidation sites excluding steroid dienone is 11. The van der Waals surface area contributed by atoms with Gasteiger partial charge in [-0.2, -0.15) is 0 Å². The third-order valence-electron chi connectivity index (χ3n) is 3.07. The zero-order valence-electron chi connectivity index (χ0n) is 13.6. The van der Waals surface area contributed by atoms with Gasteiger partial charge in [0.05, 0.1) is 6.04 Å². The second-order valence-corrected chi connectivity index (χ2v) is 5.96. The van der Waals surface area contributed by atoms with Gasteiger partial charge in [-0.15, -0.1) is 0 Å². The minimum absolute atomic E-state index is 0.173. The summed E-state index contributed by atoms with van der Waals surface area (Å²) in [7, 11) is 0. The summed E-state index contributed by atoms with van der Waals surface area (Å²) < 4.78 is 0. The summed E-state index contributed by atoms with van der Waals surface area (Å²) in [6.07, 6.45) is 26.9. The Morgan fingerprint density at radius 1 is 0.952 bits per heavy atom. The molecule has 0 atom stereocenters. The van der Waals surface area contributed by atoms with E-state index in [-0.39, 0.29) is 5.41 Å². The lowest BCUT2D eigenvalue weighted by molar-refractivity contribution is 0.517. The second-order valence-electron chi connectivity index (χ2n) is 5.96. The van der Waals surface area contributed by atoms with Crippen molar-refractivity contribution >= 4 is 0 Å². The molecule has 1 aliphatic carbocycles. The first-order chi connectivity index (χ1) is 10.0. The lowest BCUT2D eigenvalue weighted by Gasteiger charge is -2.19. The van der Waals surface area contributed by atoms with Crippen LogP contribution in [0.2, 0.25) is 0 Å². The van der Waals surface area contributed by atoms with E-state index in [0.717, 1.165) is 0 Å². The van der Waals surface area contributed by atoms with Crippen LogP contribution >= 0.6 is 0 Å². The van der Waals surface area contributed by atoms with Gasteiger partial charge in [0.1, 0.15) is 0 Å². The maximum absolute atomic E-state index is 3.28. The molecule has 21 heavy (non-hydrogen) atoms. The molecule has 0 aromatic carbocycles. The fourth-order valence-electron chi connectivity index (χ4n) is 1.85. The van der Waals surface area contributed by atoms with Crippen molar-refractivity contribution in [3.63, 3.8) is 0 Å². The highest BCUT2D eigenvalue weighted by molar-refractivity contribution is 5.30. The van der Waals surface area contributed by atoms with E-state index in [9.17, 15) is 0 Å². The molecule has 1 aliphatic rings.